The summed E-state index contributed by atoms with van der Waals surface area (Å²) in [6, 6.07) is 14.8. The van der Waals surface area contributed by atoms with Crippen molar-refractivity contribution in [3.8, 4) is 5.69 Å². The number of hydrogen-bond acceptors (Lipinski definition) is 3. The molecule has 21 heavy (non-hydrogen) atoms. The molecule has 1 unspecified atom stereocenters. The third kappa shape index (κ3) is 2.23. The zero-order valence-electron chi connectivity index (χ0n) is 12.1. The number of fused-ring (bicyclic) bond motifs is 1. The summed E-state index contributed by atoms with van der Waals surface area (Å²) in [4.78, 5) is 17.6. The fourth-order valence-corrected chi connectivity index (χ4v) is 2.54. The number of rotatable bonds is 2. The first-order chi connectivity index (χ1) is 10.1. The van der Waals surface area contributed by atoms with E-state index in [4.69, 9.17) is 5.73 Å². The van der Waals surface area contributed by atoms with Crippen LogP contribution in [-0.2, 0) is 0 Å². The van der Waals surface area contributed by atoms with E-state index in [1.807, 2.05) is 62.4 Å². The van der Waals surface area contributed by atoms with E-state index in [-0.39, 0.29) is 11.6 Å². The van der Waals surface area contributed by atoms with Gasteiger partial charge >= 0.3 is 0 Å². The van der Waals surface area contributed by atoms with Crippen molar-refractivity contribution in [1.82, 2.24) is 9.55 Å². The Bertz CT molecular complexity index is 851. The second-order valence-electron chi connectivity index (χ2n) is 5.20. The molecule has 0 saturated heterocycles. The molecule has 0 spiro atoms. The third-order valence-electron chi connectivity index (χ3n) is 3.55. The number of hydrogen-bond donors (Lipinski definition) is 1. The van der Waals surface area contributed by atoms with Crippen LogP contribution in [0.5, 0.6) is 0 Å². The van der Waals surface area contributed by atoms with Gasteiger partial charge in [-0.1, -0.05) is 30.3 Å². The van der Waals surface area contributed by atoms with Crippen LogP contribution in [0.1, 0.15) is 24.4 Å². The van der Waals surface area contributed by atoms with Crippen molar-refractivity contribution in [3.05, 3.63) is 70.3 Å². The van der Waals surface area contributed by atoms with Gasteiger partial charge in [-0.05, 0) is 37.6 Å². The van der Waals surface area contributed by atoms with Gasteiger partial charge in [0.2, 0.25) is 0 Å². The van der Waals surface area contributed by atoms with Crippen LogP contribution in [0.4, 0.5) is 0 Å². The van der Waals surface area contributed by atoms with Gasteiger partial charge in [0.15, 0.2) is 0 Å². The molecule has 4 nitrogen and oxygen atoms in total. The second kappa shape index (κ2) is 5.14. The maximum absolute atomic E-state index is 12.9. The van der Waals surface area contributed by atoms with Gasteiger partial charge in [0, 0.05) is 0 Å². The van der Waals surface area contributed by atoms with E-state index >= 15 is 0 Å². The molecule has 0 fully saturated rings. The highest BCUT2D eigenvalue weighted by atomic mass is 16.1. The van der Waals surface area contributed by atoms with Gasteiger partial charge in [-0.25, -0.2) is 4.98 Å². The molecule has 0 aliphatic heterocycles. The quantitative estimate of drug-likeness (QED) is 0.784. The first kappa shape index (κ1) is 13.5. The molecular formula is C17H17N3O. The van der Waals surface area contributed by atoms with Crippen LogP contribution in [0.15, 0.2) is 53.3 Å². The zero-order valence-corrected chi connectivity index (χ0v) is 12.1. The summed E-state index contributed by atoms with van der Waals surface area (Å²) in [5, 5.41) is 0.644. The number of para-hydroxylation sites is 1. The van der Waals surface area contributed by atoms with Crippen molar-refractivity contribution >= 4 is 10.9 Å². The van der Waals surface area contributed by atoms with Gasteiger partial charge in [-0.3, -0.25) is 9.36 Å². The van der Waals surface area contributed by atoms with Crippen LogP contribution in [0.3, 0.4) is 0 Å². The highest BCUT2D eigenvalue weighted by Crippen LogP contribution is 2.18. The molecule has 0 amide bonds. The summed E-state index contributed by atoms with van der Waals surface area (Å²) in [5.74, 6) is 0.573. The molecule has 0 radical (unpaired) electrons. The molecular weight excluding hydrogens is 262 g/mol. The number of nitrogens with two attached hydrogens (primary N) is 1. The topological polar surface area (TPSA) is 60.9 Å². The summed E-state index contributed by atoms with van der Waals surface area (Å²) >= 11 is 0. The molecule has 0 aliphatic carbocycles. The van der Waals surface area contributed by atoms with E-state index in [9.17, 15) is 4.79 Å². The van der Waals surface area contributed by atoms with Crippen molar-refractivity contribution < 1.29 is 0 Å². The lowest BCUT2D eigenvalue weighted by Gasteiger charge is -2.16. The van der Waals surface area contributed by atoms with Gasteiger partial charge in [0.05, 0.1) is 22.6 Å². The first-order valence-electron chi connectivity index (χ1n) is 6.93. The van der Waals surface area contributed by atoms with E-state index in [0.717, 1.165) is 11.3 Å². The number of aromatic nitrogens is 2. The highest BCUT2D eigenvalue weighted by Gasteiger charge is 2.16. The molecule has 3 rings (SSSR count). The van der Waals surface area contributed by atoms with Crippen molar-refractivity contribution in [2.24, 2.45) is 5.73 Å². The Morgan fingerprint density at radius 3 is 2.48 bits per heavy atom. The number of aryl methyl sites for hydroxylation is 1. The summed E-state index contributed by atoms with van der Waals surface area (Å²) in [7, 11) is 0. The number of nitrogens with zero attached hydrogens (tertiary/aromatic N) is 2. The maximum Gasteiger partial charge on any atom is 0.266 e. The Morgan fingerprint density at radius 2 is 1.81 bits per heavy atom. The Kier molecular flexibility index (Phi) is 3.31. The lowest BCUT2D eigenvalue weighted by Crippen LogP contribution is -2.27. The smallest absolute Gasteiger partial charge is 0.266 e. The average molecular weight is 279 g/mol. The molecule has 106 valence electrons. The molecule has 2 N–H and O–H groups in total. The minimum atomic E-state index is -0.331. The summed E-state index contributed by atoms with van der Waals surface area (Å²) in [5.41, 5.74) is 8.36. The normalized spacial score (nSPS) is 12.5. The minimum absolute atomic E-state index is 0.0726. The molecule has 0 bridgehead atoms. The molecule has 2 aromatic carbocycles. The van der Waals surface area contributed by atoms with Crippen molar-refractivity contribution in [2.45, 2.75) is 19.9 Å². The maximum atomic E-state index is 12.9. The van der Waals surface area contributed by atoms with E-state index in [0.29, 0.717) is 16.7 Å². The first-order valence-corrected chi connectivity index (χ1v) is 6.93. The summed E-state index contributed by atoms with van der Waals surface area (Å²) < 4.78 is 1.61. The third-order valence-corrected chi connectivity index (χ3v) is 3.55. The number of benzene rings is 2. The molecule has 1 atom stereocenters. The highest BCUT2D eigenvalue weighted by molar-refractivity contribution is 5.81. The fraction of sp³-hybridized carbons (Fsp3) is 0.176. The van der Waals surface area contributed by atoms with E-state index < -0.39 is 0 Å². The van der Waals surface area contributed by atoms with E-state index in [2.05, 4.69) is 4.98 Å². The molecule has 4 heteroatoms. The molecule has 0 aliphatic rings. The van der Waals surface area contributed by atoms with Gasteiger partial charge < -0.3 is 5.73 Å². The van der Waals surface area contributed by atoms with Gasteiger partial charge in [-0.2, -0.15) is 0 Å². The van der Waals surface area contributed by atoms with E-state index in [1.54, 1.807) is 4.57 Å². The van der Waals surface area contributed by atoms with Crippen molar-refractivity contribution in [1.29, 1.82) is 0 Å². The van der Waals surface area contributed by atoms with Crippen LogP contribution in [0.25, 0.3) is 16.6 Å². The predicted molar refractivity (Wildman–Crippen MR) is 84.7 cm³/mol. The van der Waals surface area contributed by atoms with Crippen LogP contribution in [0, 0.1) is 6.92 Å². The van der Waals surface area contributed by atoms with Crippen LogP contribution in [-0.4, -0.2) is 9.55 Å². The Labute approximate surface area is 122 Å². The van der Waals surface area contributed by atoms with Crippen molar-refractivity contribution in [3.63, 3.8) is 0 Å². The van der Waals surface area contributed by atoms with Gasteiger partial charge in [0.1, 0.15) is 5.82 Å². The molecule has 1 aromatic heterocycles. The lowest BCUT2D eigenvalue weighted by molar-refractivity contribution is 0.696. The van der Waals surface area contributed by atoms with Crippen LogP contribution < -0.4 is 11.3 Å². The predicted octanol–water partition coefficient (Wildman–Crippen LogP) is 2.71. The summed E-state index contributed by atoms with van der Waals surface area (Å²) in [6.07, 6.45) is 0. The van der Waals surface area contributed by atoms with Gasteiger partial charge in [-0.15, -0.1) is 0 Å². The summed E-state index contributed by atoms with van der Waals surface area (Å²) in [6.45, 7) is 3.76. The zero-order chi connectivity index (χ0) is 15.0. The standard InChI is InChI=1S/C17H17N3O/c1-11-7-6-10-14-15(11)17(21)20(16(19-14)12(2)18)13-8-4-3-5-9-13/h3-10,12H,18H2,1-2H3. The van der Waals surface area contributed by atoms with Crippen LogP contribution in [0.2, 0.25) is 0 Å². The molecule has 3 aromatic rings. The fourth-order valence-electron chi connectivity index (χ4n) is 2.54. The monoisotopic (exact) mass is 279 g/mol. The Morgan fingerprint density at radius 1 is 1.10 bits per heavy atom. The van der Waals surface area contributed by atoms with E-state index in [1.165, 1.54) is 0 Å². The minimum Gasteiger partial charge on any atom is -0.322 e. The van der Waals surface area contributed by atoms with Crippen LogP contribution >= 0.6 is 0 Å². The molecule has 1 heterocycles. The Balaban J connectivity index is 2.47. The lowest BCUT2D eigenvalue weighted by atomic mass is 10.1. The Hall–Kier alpha value is -2.46. The average Bonchev–Trinajstić information content (AvgIpc) is 2.47. The second-order valence-corrected chi connectivity index (χ2v) is 5.20. The van der Waals surface area contributed by atoms with Gasteiger partial charge in [0.25, 0.3) is 5.56 Å². The molecule has 0 saturated carbocycles. The largest absolute Gasteiger partial charge is 0.322 e. The SMILES string of the molecule is Cc1cccc2nc(C(C)N)n(-c3ccccc3)c(=O)c12. The van der Waals surface area contributed by atoms with Crippen molar-refractivity contribution in [2.75, 3.05) is 0 Å².